The molecule has 1 aromatic heterocycles. The zero-order chi connectivity index (χ0) is 22.7. The van der Waals surface area contributed by atoms with Gasteiger partial charge in [0.2, 0.25) is 5.91 Å². The van der Waals surface area contributed by atoms with Gasteiger partial charge >= 0.3 is 0 Å². The highest BCUT2D eigenvalue weighted by Gasteiger charge is 2.27. The molecule has 2 aromatic carbocycles. The first-order valence-electron chi connectivity index (χ1n) is 11.1. The zero-order valence-electron chi connectivity index (χ0n) is 18.9. The standard InChI is InChI=1S/C26H29N3O3/c1-4-32-23-12-10-22(11-13-23)29-19(2)24(18-25(29)21-8-6-5-7-9-21)26(31)28-16-14-27(15-17-28)20(3)30/h5-13,18H,4,14-17H2,1-3H3. The lowest BCUT2D eigenvalue weighted by Crippen LogP contribution is -2.50. The second-order valence-electron chi connectivity index (χ2n) is 7.96. The van der Waals surface area contributed by atoms with Crippen LogP contribution in [0.15, 0.2) is 60.7 Å². The minimum Gasteiger partial charge on any atom is -0.494 e. The van der Waals surface area contributed by atoms with E-state index in [9.17, 15) is 9.59 Å². The van der Waals surface area contributed by atoms with Crippen molar-refractivity contribution in [2.75, 3.05) is 32.8 Å². The van der Waals surface area contributed by atoms with Crippen LogP contribution in [0.2, 0.25) is 0 Å². The van der Waals surface area contributed by atoms with Crippen molar-refractivity contribution in [2.24, 2.45) is 0 Å². The maximum Gasteiger partial charge on any atom is 0.255 e. The Kier molecular flexibility index (Phi) is 6.30. The van der Waals surface area contributed by atoms with E-state index in [0.29, 0.717) is 38.3 Å². The highest BCUT2D eigenvalue weighted by Crippen LogP contribution is 2.31. The van der Waals surface area contributed by atoms with Gasteiger partial charge in [0.15, 0.2) is 0 Å². The van der Waals surface area contributed by atoms with Crippen LogP contribution >= 0.6 is 0 Å². The molecule has 6 heteroatoms. The van der Waals surface area contributed by atoms with Gasteiger partial charge in [0.05, 0.1) is 17.9 Å². The van der Waals surface area contributed by atoms with Gasteiger partial charge in [0.1, 0.15) is 5.75 Å². The Balaban J connectivity index is 1.71. The molecule has 0 saturated carbocycles. The van der Waals surface area contributed by atoms with Crippen LogP contribution in [0, 0.1) is 6.92 Å². The molecule has 166 valence electrons. The van der Waals surface area contributed by atoms with E-state index < -0.39 is 0 Å². The molecule has 3 aromatic rings. The molecule has 0 bridgehead atoms. The molecule has 2 heterocycles. The molecule has 0 radical (unpaired) electrons. The van der Waals surface area contributed by atoms with Crippen LogP contribution in [0.4, 0.5) is 0 Å². The van der Waals surface area contributed by atoms with Gasteiger partial charge in [0.25, 0.3) is 5.91 Å². The van der Waals surface area contributed by atoms with Crippen LogP contribution < -0.4 is 4.74 Å². The number of amides is 2. The lowest BCUT2D eigenvalue weighted by atomic mass is 10.1. The van der Waals surface area contributed by atoms with Crippen molar-refractivity contribution in [1.82, 2.24) is 14.4 Å². The molecule has 0 atom stereocenters. The number of nitrogens with zero attached hydrogens (tertiary/aromatic N) is 3. The van der Waals surface area contributed by atoms with Crippen molar-refractivity contribution in [2.45, 2.75) is 20.8 Å². The van der Waals surface area contributed by atoms with E-state index in [0.717, 1.165) is 28.4 Å². The zero-order valence-corrected chi connectivity index (χ0v) is 18.9. The predicted molar refractivity (Wildman–Crippen MR) is 125 cm³/mol. The van der Waals surface area contributed by atoms with E-state index in [-0.39, 0.29) is 11.8 Å². The third kappa shape index (κ3) is 4.26. The quantitative estimate of drug-likeness (QED) is 0.610. The number of benzene rings is 2. The van der Waals surface area contributed by atoms with Gasteiger partial charge < -0.3 is 19.1 Å². The Bertz CT molecular complexity index is 1100. The summed E-state index contributed by atoms with van der Waals surface area (Å²) in [5, 5.41) is 0. The number of piperazine rings is 1. The molecule has 1 saturated heterocycles. The van der Waals surface area contributed by atoms with Gasteiger partial charge in [0, 0.05) is 44.5 Å². The summed E-state index contributed by atoms with van der Waals surface area (Å²) in [5.41, 5.74) is 4.58. The highest BCUT2D eigenvalue weighted by molar-refractivity contribution is 5.97. The molecule has 4 rings (SSSR count). The van der Waals surface area contributed by atoms with Gasteiger partial charge in [-0.2, -0.15) is 0 Å². The topological polar surface area (TPSA) is 54.8 Å². The van der Waals surface area contributed by atoms with E-state index >= 15 is 0 Å². The largest absolute Gasteiger partial charge is 0.494 e. The van der Waals surface area contributed by atoms with Crippen LogP contribution in [0.3, 0.4) is 0 Å². The molecule has 0 N–H and O–H groups in total. The van der Waals surface area contributed by atoms with Crippen molar-refractivity contribution in [3.63, 3.8) is 0 Å². The summed E-state index contributed by atoms with van der Waals surface area (Å²) < 4.78 is 7.72. The summed E-state index contributed by atoms with van der Waals surface area (Å²) >= 11 is 0. The Hall–Kier alpha value is -3.54. The van der Waals surface area contributed by atoms with Crippen molar-refractivity contribution in [1.29, 1.82) is 0 Å². The van der Waals surface area contributed by atoms with Gasteiger partial charge in [-0.05, 0) is 49.7 Å². The minimum absolute atomic E-state index is 0.00701. The number of carbonyl (C=O) groups excluding carboxylic acids is 2. The molecule has 1 aliphatic rings. The first kappa shape index (κ1) is 21.7. The molecule has 1 fully saturated rings. The number of hydrogen-bond donors (Lipinski definition) is 0. The van der Waals surface area contributed by atoms with Crippen LogP contribution in [-0.4, -0.2) is 59.0 Å². The summed E-state index contributed by atoms with van der Waals surface area (Å²) in [6, 6.07) is 20.0. The lowest BCUT2D eigenvalue weighted by molar-refractivity contribution is -0.130. The number of aromatic nitrogens is 1. The van der Waals surface area contributed by atoms with Crippen molar-refractivity contribution >= 4 is 11.8 Å². The normalized spacial score (nSPS) is 13.8. The fourth-order valence-corrected chi connectivity index (χ4v) is 4.23. The minimum atomic E-state index is 0.00701. The van der Waals surface area contributed by atoms with Gasteiger partial charge in [-0.3, -0.25) is 9.59 Å². The average molecular weight is 432 g/mol. The van der Waals surface area contributed by atoms with Gasteiger partial charge in [-0.15, -0.1) is 0 Å². The molecule has 6 nitrogen and oxygen atoms in total. The summed E-state index contributed by atoms with van der Waals surface area (Å²) in [6.45, 7) is 8.39. The maximum absolute atomic E-state index is 13.5. The van der Waals surface area contributed by atoms with E-state index in [1.165, 1.54) is 0 Å². The Morgan fingerprint density at radius 2 is 1.53 bits per heavy atom. The molecule has 0 aliphatic carbocycles. The monoisotopic (exact) mass is 431 g/mol. The van der Waals surface area contributed by atoms with Crippen LogP contribution in [-0.2, 0) is 4.79 Å². The van der Waals surface area contributed by atoms with Gasteiger partial charge in [-0.1, -0.05) is 30.3 Å². The maximum atomic E-state index is 13.5. The molecular weight excluding hydrogens is 402 g/mol. The Morgan fingerprint density at radius 1 is 0.906 bits per heavy atom. The number of rotatable bonds is 5. The lowest BCUT2D eigenvalue weighted by Gasteiger charge is -2.34. The number of ether oxygens (including phenoxy) is 1. The SMILES string of the molecule is CCOc1ccc(-n2c(-c3ccccc3)cc(C(=O)N3CCN(C(C)=O)CC3)c2C)cc1. The highest BCUT2D eigenvalue weighted by atomic mass is 16.5. The molecule has 32 heavy (non-hydrogen) atoms. The third-order valence-corrected chi connectivity index (χ3v) is 5.97. The average Bonchev–Trinajstić information content (AvgIpc) is 3.17. The smallest absolute Gasteiger partial charge is 0.255 e. The number of hydrogen-bond acceptors (Lipinski definition) is 3. The number of carbonyl (C=O) groups is 2. The van der Waals surface area contributed by atoms with Crippen LogP contribution in [0.5, 0.6) is 5.75 Å². The molecule has 0 spiro atoms. The van der Waals surface area contributed by atoms with Crippen molar-refractivity contribution < 1.29 is 14.3 Å². The van der Waals surface area contributed by atoms with Gasteiger partial charge in [-0.25, -0.2) is 0 Å². The van der Waals surface area contributed by atoms with E-state index in [1.807, 2.05) is 67.3 Å². The summed E-state index contributed by atoms with van der Waals surface area (Å²) in [7, 11) is 0. The first-order valence-corrected chi connectivity index (χ1v) is 11.1. The molecule has 2 amide bonds. The Morgan fingerprint density at radius 3 is 2.12 bits per heavy atom. The fourth-order valence-electron chi connectivity index (χ4n) is 4.23. The summed E-state index contributed by atoms with van der Waals surface area (Å²) in [5.74, 6) is 0.885. The van der Waals surface area contributed by atoms with Crippen LogP contribution in [0.1, 0.15) is 29.9 Å². The van der Waals surface area contributed by atoms with E-state index in [2.05, 4.69) is 16.7 Å². The van der Waals surface area contributed by atoms with E-state index in [1.54, 1.807) is 11.8 Å². The fraction of sp³-hybridized carbons (Fsp3) is 0.308. The first-order chi connectivity index (χ1) is 15.5. The van der Waals surface area contributed by atoms with Crippen LogP contribution in [0.25, 0.3) is 16.9 Å². The Labute approximate surface area is 189 Å². The predicted octanol–water partition coefficient (Wildman–Crippen LogP) is 4.16. The summed E-state index contributed by atoms with van der Waals surface area (Å²) in [4.78, 5) is 28.7. The third-order valence-electron chi connectivity index (χ3n) is 5.97. The van der Waals surface area contributed by atoms with Crippen molar-refractivity contribution in [3.8, 4) is 22.7 Å². The second-order valence-corrected chi connectivity index (χ2v) is 7.96. The molecule has 1 aliphatic heterocycles. The molecular formula is C26H29N3O3. The second kappa shape index (κ2) is 9.30. The van der Waals surface area contributed by atoms with Crippen molar-refractivity contribution in [3.05, 3.63) is 71.9 Å². The summed E-state index contributed by atoms with van der Waals surface area (Å²) in [6.07, 6.45) is 0. The molecule has 0 unspecified atom stereocenters. The van der Waals surface area contributed by atoms with E-state index in [4.69, 9.17) is 4.74 Å².